The van der Waals surface area contributed by atoms with E-state index in [0.29, 0.717) is 6.54 Å². The molecular weight excluding hydrogens is 360 g/mol. The zero-order valence-corrected chi connectivity index (χ0v) is 18.9. The van der Waals surface area contributed by atoms with Crippen molar-refractivity contribution in [3.63, 3.8) is 0 Å². The Bertz CT molecular complexity index is 502. The van der Waals surface area contributed by atoms with Gasteiger partial charge in [-0.05, 0) is 30.7 Å². The van der Waals surface area contributed by atoms with Gasteiger partial charge in [-0.25, -0.2) is 0 Å². The smallest absolute Gasteiger partial charge is 0.239 e. The standard InChI is InChI=1S/C25H44N2O2/c1-3-4-5-6-7-8-9-10-11-12-13-14-15-16-21-26-25(28)22-27-23-17-19-24(29-2)20-18-23/h17-20,27H,3-16,21-22H2,1-2H3,(H,26,28). The molecule has 4 heteroatoms. The molecular formula is C25H44N2O2. The van der Waals surface area contributed by atoms with Crippen LogP contribution in [-0.2, 0) is 4.79 Å². The van der Waals surface area contributed by atoms with Gasteiger partial charge in [-0.3, -0.25) is 4.79 Å². The van der Waals surface area contributed by atoms with Gasteiger partial charge in [-0.1, -0.05) is 90.4 Å². The molecule has 0 heterocycles. The molecule has 1 aromatic rings. The lowest BCUT2D eigenvalue weighted by Crippen LogP contribution is -2.30. The third kappa shape index (κ3) is 14.9. The second-order valence-corrected chi connectivity index (χ2v) is 8.03. The number of anilines is 1. The molecule has 0 aliphatic rings. The van der Waals surface area contributed by atoms with Crippen molar-refractivity contribution < 1.29 is 9.53 Å². The summed E-state index contributed by atoms with van der Waals surface area (Å²) in [5.74, 6) is 0.869. The molecule has 0 atom stereocenters. The van der Waals surface area contributed by atoms with Gasteiger partial charge in [0.15, 0.2) is 0 Å². The number of rotatable bonds is 19. The van der Waals surface area contributed by atoms with Crippen LogP contribution in [0.5, 0.6) is 5.75 Å². The minimum Gasteiger partial charge on any atom is -0.497 e. The molecule has 0 aliphatic heterocycles. The molecule has 2 N–H and O–H groups in total. The number of carbonyl (C=O) groups excluding carboxylic acids is 1. The van der Waals surface area contributed by atoms with Crippen LogP contribution in [0.3, 0.4) is 0 Å². The average Bonchev–Trinajstić information content (AvgIpc) is 2.75. The first-order valence-electron chi connectivity index (χ1n) is 11.9. The summed E-state index contributed by atoms with van der Waals surface area (Å²) < 4.78 is 5.12. The molecule has 0 aromatic heterocycles. The number of amides is 1. The highest BCUT2D eigenvalue weighted by Gasteiger charge is 2.01. The van der Waals surface area contributed by atoms with Gasteiger partial charge in [0.1, 0.15) is 5.75 Å². The molecule has 1 rings (SSSR count). The number of nitrogens with one attached hydrogen (secondary N) is 2. The van der Waals surface area contributed by atoms with Gasteiger partial charge in [0.25, 0.3) is 0 Å². The molecule has 0 aliphatic carbocycles. The molecule has 0 spiro atoms. The van der Waals surface area contributed by atoms with Crippen LogP contribution in [0.1, 0.15) is 96.8 Å². The Labute approximate surface area is 179 Å². The van der Waals surface area contributed by atoms with Gasteiger partial charge in [0.2, 0.25) is 5.91 Å². The van der Waals surface area contributed by atoms with E-state index in [-0.39, 0.29) is 5.91 Å². The largest absolute Gasteiger partial charge is 0.497 e. The zero-order chi connectivity index (χ0) is 21.0. The van der Waals surface area contributed by atoms with Crippen molar-refractivity contribution in [1.82, 2.24) is 5.32 Å². The highest BCUT2D eigenvalue weighted by atomic mass is 16.5. The van der Waals surface area contributed by atoms with Crippen LogP contribution in [0.15, 0.2) is 24.3 Å². The number of ether oxygens (including phenoxy) is 1. The van der Waals surface area contributed by atoms with Crippen LogP contribution in [0, 0.1) is 0 Å². The van der Waals surface area contributed by atoms with Crippen molar-refractivity contribution in [3.8, 4) is 5.75 Å². The highest BCUT2D eigenvalue weighted by molar-refractivity contribution is 5.80. The Morgan fingerprint density at radius 1 is 0.759 bits per heavy atom. The molecule has 0 fully saturated rings. The minimum atomic E-state index is 0.0514. The number of hydrogen-bond donors (Lipinski definition) is 2. The van der Waals surface area contributed by atoms with Crippen LogP contribution in [0.4, 0.5) is 5.69 Å². The first-order valence-corrected chi connectivity index (χ1v) is 11.9. The Kier molecular flexibility index (Phi) is 16.0. The summed E-state index contributed by atoms with van der Waals surface area (Å²) in [6.07, 6.45) is 19.0. The number of unbranched alkanes of at least 4 members (excludes halogenated alkanes) is 13. The maximum atomic E-state index is 11.9. The first-order chi connectivity index (χ1) is 14.3. The van der Waals surface area contributed by atoms with Crippen molar-refractivity contribution in [2.24, 2.45) is 0 Å². The van der Waals surface area contributed by atoms with E-state index < -0.39 is 0 Å². The summed E-state index contributed by atoms with van der Waals surface area (Å²) in [4.78, 5) is 11.9. The Hall–Kier alpha value is -1.71. The first kappa shape index (κ1) is 25.3. The van der Waals surface area contributed by atoms with Crippen molar-refractivity contribution in [3.05, 3.63) is 24.3 Å². The van der Waals surface area contributed by atoms with Crippen molar-refractivity contribution in [2.75, 3.05) is 25.5 Å². The van der Waals surface area contributed by atoms with Gasteiger partial charge >= 0.3 is 0 Å². The molecule has 1 amide bonds. The lowest BCUT2D eigenvalue weighted by Gasteiger charge is -2.08. The van der Waals surface area contributed by atoms with E-state index in [4.69, 9.17) is 4.74 Å². The van der Waals surface area contributed by atoms with Gasteiger partial charge in [0, 0.05) is 12.2 Å². The van der Waals surface area contributed by atoms with E-state index >= 15 is 0 Å². The lowest BCUT2D eigenvalue weighted by molar-refractivity contribution is -0.119. The number of methoxy groups -OCH3 is 1. The summed E-state index contributed by atoms with van der Waals surface area (Å²) in [5.41, 5.74) is 0.928. The molecule has 0 unspecified atom stereocenters. The normalized spacial score (nSPS) is 10.7. The molecule has 0 saturated heterocycles. The van der Waals surface area contributed by atoms with Crippen molar-refractivity contribution in [1.29, 1.82) is 0 Å². The molecule has 29 heavy (non-hydrogen) atoms. The third-order valence-corrected chi connectivity index (χ3v) is 5.40. The summed E-state index contributed by atoms with van der Waals surface area (Å²) in [7, 11) is 1.65. The van der Waals surface area contributed by atoms with Crippen LogP contribution < -0.4 is 15.4 Å². The molecule has 4 nitrogen and oxygen atoms in total. The SMILES string of the molecule is CCCCCCCCCCCCCCCCNC(=O)CNc1ccc(OC)cc1. The van der Waals surface area contributed by atoms with E-state index in [1.165, 1.54) is 83.5 Å². The van der Waals surface area contributed by atoms with E-state index in [9.17, 15) is 4.79 Å². The average molecular weight is 405 g/mol. The summed E-state index contributed by atoms with van der Waals surface area (Å²) in [6, 6.07) is 7.60. The molecule has 0 saturated carbocycles. The molecule has 0 radical (unpaired) electrons. The van der Waals surface area contributed by atoms with Gasteiger partial charge in [-0.15, -0.1) is 0 Å². The second-order valence-electron chi connectivity index (χ2n) is 8.03. The Morgan fingerprint density at radius 2 is 1.24 bits per heavy atom. The second kappa shape index (κ2) is 18.3. The van der Waals surface area contributed by atoms with Gasteiger partial charge < -0.3 is 15.4 Å². The topological polar surface area (TPSA) is 50.4 Å². The quantitative estimate of drug-likeness (QED) is 0.252. The highest BCUT2D eigenvalue weighted by Crippen LogP contribution is 2.15. The van der Waals surface area contributed by atoms with E-state index in [1.807, 2.05) is 24.3 Å². The Balaban J connectivity index is 1.82. The predicted octanol–water partition coefficient (Wildman–Crippen LogP) is 6.70. The minimum absolute atomic E-state index is 0.0514. The molecule has 166 valence electrons. The lowest BCUT2D eigenvalue weighted by atomic mass is 10.0. The Morgan fingerprint density at radius 3 is 1.72 bits per heavy atom. The van der Waals surface area contributed by atoms with Crippen LogP contribution >= 0.6 is 0 Å². The monoisotopic (exact) mass is 404 g/mol. The molecule has 0 bridgehead atoms. The molecule has 1 aromatic carbocycles. The van der Waals surface area contributed by atoms with Gasteiger partial charge in [-0.2, -0.15) is 0 Å². The summed E-state index contributed by atoms with van der Waals surface area (Å²) in [6.45, 7) is 3.37. The number of benzene rings is 1. The maximum absolute atomic E-state index is 11.9. The van der Waals surface area contributed by atoms with Crippen LogP contribution in [0.2, 0.25) is 0 Å². The predicted molar refractivity (Wildman–Crippen MR) is 125 cm³/mol. The van der Waals surface area contributed by atoms with E-state index in [0.717, 1.165) is 24.4 Å². The summed E-state index contributed by atoms with van der Waals surface area (Å²) >= 11 is 0. The number of hydrogen-bond acceptors (Lipinski definition) is 3. The van der Waals surface area contributed by atoms with Crippen molar-refractivity contribution in [2.45, 2.75) is 96.8 Å². The fourth-order valence-electron chi connectivity index (χ4n) is 3.50. The van der Waals surface area contributed by atoms with Crippen molar-refractivity contribution >= 4 is 11.6 Å². The summed E-state index contributed by atoms with van der Waals surface area (Å²) in [5, 5.41) is 6.12. The van der Waals surface area contributed by atoms with E-state index in [1.54, 1.807) is 7.11 Å². The third-order valence-electron chi connectivity index (χ3n) is 5.40. The fourth-order valence-corrected chi connectivity index (χ4v) is 3.50. The zero-order valence-electron chi connectivity index (χ0n) is 18.9. The number of carbonyl (C=O) groups is 1. The maximum Gasteiger partial charge on any atom is 0.239 e. The van der Waals surface area contributed by atoms with Crippen LogP contribution in [0.25, 0.3) is 0 Å². The fraction of sp³-hybridized carbons (Fsp3) is 0.720. The van der Waals surface area contributed by atoms with Crippen LogP contribution in [-0.4, -0.2) is 26.1 Å². The van der Waals surface area contributed by atoms with Gasteiger partial charge in [0.05, 0.1) is 13.7 Å². The van der Waals surface area contributed by atoms with E-state index in [2.05, 4.69) is 17.6 Å².